The maximum atomic E-state index is 12.5. The summed E-state index contributed by atoms with van der Waals surface area (Å²) >= 11 is 0. The lowest BCUT2D eigenvalue weighted by molar-refractivity contribution is -0.148. The summed E-state index contributed by atoms with van der Waals surface area (Å²) in [5.74, 6) is 0.211. The highest BCUT2D eigenvalue weighted by Crippen LogP contribution is 2.31. The van der Waals surface area contributed by atoms with E-state index in [0.29, 0.717) is 45.1 Å². The first-order chi connectivity index (χ1) is 9.41. The molecule has 1 fully saturated rings. The Balaban J connectivity index is 2.54. The number of hydrogen-bond donors (Lipinski definition) is 2. The van der Waals surface area contributed by atoms with Crippen LogP contribution in [0.4, 0.5) is 0 Å². The zero-order valence-corrected chi connectivity index (χ0v) is 12.8. The maximum absolute atomic E-state index is 12.5. The van der Waals surface area contributed by atoms with Crippen LogP contribution in [0.3, 0.4) is 0 Å². The minimum atomic E-state index is -0.564. The number of nitrogens with one attached hydrogen (secondary N) is 1. The van der Waals surface area contributed by atoms with Crippen molar-refractivity contribution in [3.63, 3.8) is 0 Å². The molecule has 1 rings (SSSR count). The van der Waals surface area contributed by atoms with Gasteiger partial charge < -0.3 is 20.7 Å². The van der Waals surface area contributed by atoms with Gasteiger partial charge in [-0.25, -0.2) is 0 Å². The largest absolute Gasteiger partial charge is 0.381 e. The fourth-order valence-corrected chi connectivity index (χ4v) is 2.33. The average Bonchev–Trinajstić information content (AvgIpc) is 2.45. The summed E-state index contributed by atoms with van der Waals surface area (Å²) in [6, 6.07) is 0. The Morgan fingerprint density at radius 3 is 2.45 bits per heavy atom. The van der Waals surface area contributed by atoms with Crippen molar-refractivity contribution in [2.75, 3.05) is 39.9 Å². The van der Waals surface area contributed by atoms with Gasteiger partial charge in [-0.3, -0.25) is 9.59 Å². The van der Waals surface area contributed by atoms with Crippen LogP contribution in [-0.2, 0) is 14.3 Å². The van der Waals surface area contributed by atoms with E-state index in [4.69, 9.17) is 10.5 Å². The monoisotopic (exact) mass is 285 g/mol. The van der Waals surface area contributed by atoms with Crippen molar-refractivity contribution in [2.24, 2.45) is 17.1 Å². The Bertz CT molecular complexity index is 339. The van der Waals surface area contributed by atoms with E-state index in [1.165, 1.54) is 4.90 Å². The zero-order valence-electron chi connectivity index (χ0n) is 12.8. The molecule has 0 aliphatic carbocycles. The molecule has 0 bridgehead atoms. The van der Waals surface area contributed by atoms with Crippen molar-refractivity contribution in [1.29, 1.82) is 0 Å². The minimum absolute atomic E-state index is 0.0528. The van der Waals surface area contributed by atoms with Crippen LogP contribution in [0.5, 0.6) is 0 Å². The van der Waals surface area contributed by atoms with Gasteiger partial charge in [0.15, 0.2) is 0 Å². The van der Waals surface area contributed by atoms with E-state index in [-0.39, 0.29) is 18.4 Å². The van der Waals surface area contributed by atoms with E-state index in [0.717, 1.165) is 0 Å². The second-order valence-electron chi connectivity index (χ2n) is 5.96. The number of carbonyl (C=O) groups is 2. The Labute approximate surface area is 121 Å². The smallest absolute Gasteiger partial charge is 0.239 e. The molecule has 0 aromatic heterocycles. The van der Waals surface area contributed by atoms with Gasteiger partial charge in [-0.05, 0) is 18.8 Å². The van der Waals surface area contributed by atoms with Crippen molar-refractivity contribution < 1.29 is 14.3 Å². The number of rotatable bonds is 6. The van der Waals surface area contributed by atoms with Crippen LogP contribution < -0.4 is 11.1 Å². The van der Waals surface area contributed by atoms with Gasteiger partial charge in [0.25, 0.3) is 0 Å². The Morgan fingerprint density at radius 2 is 1.95 bits per heavy atom. The lowest BCUT2D eigenvalue weighted by atomic mass is 9.79. The number of ether oxygens (including phenoxy) is 1. The van der Waals surface area contributed by atoms with E-state index in [1.54, 1.807) is 7.05 Å². The van der Waals surface area contributed by atoms with E-state index in [1.807, 2.05) is 13.8 Å². The average molecular weight is 285 g/mol. The first-order valence-electron chi connectivity index (χ1n) is 7.21. The second-order valence-corrected chi connectivity index (χ2v) is 5.96. The van der Waals surface area contributed by atoms with Gasteiger partial charge in [0.05, 0.1) is 12.0 Å². The first-order valence-corrected chi connectivity index (χ1v) is 7.21. The lowest BCUT2D eigenvalue weighted by Crippen LogP contribution is -2.51. The Morgan fingerprint density at radius 1 is 1.35 bits per heavy atom. The SMILES string of the molecule is CC(C)CNC(=O)CN(C)C(=O)C1(CN)CCOCC1. The highest BCUT2D eigenvalue weighted by Gasteiger charge is 2.40. The van der Waals surface area contributed by atoms with Gasteiger partial charge in [0.2, 0.25) is 11.8 Å². The van der Waals surface area contributed by atoms with E-state index in [9.17, 15) is 9.59 Å². The molecular formula is C14H27N3O3. The molecule has 116 valence electrons. The molecule has 1 aliphatic heterocycles. The van der Waals surface area contributed by atoms with Gasteiger partial charge in [-0.1, -0.05) is 13.8 Å². The van der Waals surface area contributed by atoms with Gasteiger partial charge in [0.1, 0.15) is 0 Å². The van der Waals surface area contributed by atoms with Crippen molar-refractivity contribution in [3.8, 4) is 0 Å². The van der Waals surface area contributed by atoms with Crippen LogP contribution in [0.25, 0.3) is 0 Å². The molecule has 1 aliphatic rings. The summed E-state index contributed by atoms with van der Waals surface area (Å²) in [4.78, 5) is 25.8. The summed E-state index contributed by atoms with van der Waals surface area (Å²) in [6.07, 6.45) is 1.25. The van der Waals surface area contributed by atoms with Gasteiger partial charge in [-0.2, -0.15) is 0 Å². The highest BCUT2D eigenvalue weighted by atomic mass is 16.5. The molecular weight excluding hydrogens is 258 g/mol. The van der Waals surface area contributed by atoms with Crippen LogP contribution in [0, 0.1) is 11.3 Å². The van der Waals surface area contributed by atoms with Crippen LogP contribution >= 0.6 is 0 Å². The topological polar surface area (TPSA) is 84.7 Å². The molecule has 0 unspecified atom stereocenters. The fourth-order valence-electron chi connectivity index (χ4n) is 2.33. The lowest BCUT2D eigenvalue weighted by Gasteiger charge is -2.37. The molecule has 0 radical (unpaired) electrons. The normalized spacial score (nSPS) is 17.9. The summed E-state index contributed by atoms with van der Waals surface area (Å²) in [7, 11) is 1.66. The molecule has 0 spiro atoms. The fraction of sp³-hybridized carbons (Fsp3) is 0.857. The van der Waals surface area contributed by atoms with Crippen molar-refractivity contribution in [3.05, 3.63) is 0 Å². The van der Waals surface area contributed by atoms with Crippen LogP contribution in [0.15, 0.2) is 0 Å². The third-order valence-electron chi connectivity index (χ3n) is 3.73. The third kappa shape index (κ3) is 4.45. The molecule has 1 heterocycles. The number of nitrogens with two attached hydrogens (primary N) is 1. The molecule has 6 heteroatoms. The molecule has 6 nitrogen and oxygen atoms in total. The summed E-state index contributed by atoms with van der Waals surface area (Å²) in [5.41, 5.74) is 5.24. The minimum Gasteiger partial charge on any atom is -0.381 e. The molecule has 0 saturated carbocycles. The summed E-state index contributed by atoms with van der Waals surface area (Å²) in [5, 5.41) is 2.81. The molecule has 0 aromatic rings. The van der Waals surface area contributed by atoms with Gasteiger partial charge >= 0.3 is 0 Å². The van der Waals surface area contributed by atoms with Crippen LogP contribution in [0.2, 0.25) is 0 Å². The summed E-state index contributed by atoms with van der Waals surface area (Å²) < 4.78 is 5.30. The van der Waals surface area contributed by atoms with Gasteiger partial charge in [-0.15, -0.1) is 0 Å². The summed E-state index contributed by atoms with van der Waals surface area (Å²) in [6.45, 7) is 6.16. The first kappa shape index (κ1) is 16.9. The predicted molar refractivity (Wildman–Crippen MR) is 77.0 cm³/mol. The van der Waals surface area contributed by atoms with Gasteiger partial charge in [0, 0.05) is 33.4 Å². The Kier molecular flexibility index (Phi) is 6.42. The maximum Gasteiger partial charge on any atom is 0.239 e. The molecule has 1 saturated heterocycles. The van der Waals surface area contributed by atoms with Crippen molar-refractivity contribution in [2.45, 2.75) is 26.7 Å². The Hall–Kier alpha value is -1.14. The molecule has 0 atom stereocenters. The molecule has 0 aromatic carbocycles. The van der Waals surface area contributed by atoms with Crippen LogP contribution in [0.1, 0.15) is 26.7 Å². The standard InChI is InChI=1S/C14H27N3O3/c1-11(2)8-16-12(18)9-17(3)13(19)14(10-15)4-6-20-7-5-14/h11H,4-10,15H2,1-3H3,(H,16,18). The van der Waals surface area contributed by atoms with E-state index >= 15 is 0 Å². The van der Waals surface area contributed by atoms with Crippen molar-refractivity contribution in [1.82, 2.24) is 10.2 Å². The third-order valence-corrected chi connectivity index (χ3v) is 3.73. The van der Waals surface area contributed by atoms with Crippen LogP contribution in [-0.4, -0.2) is 56.6 Å². The molecule has 3 N–H and O–H groups in total. The predicted octanol–water partition coefficient (Wildman–Crippen LogP) is -0.0275. The number of nitrogens with zero attached hydrogens (tertiary/aromatic N) is 1. The van der Waals surface area contributed by atoms with E-state index < -0.39 is 5.41 Å². The number of hydrogen-bond acceptors (Lipinski definition) is 4. The molecule has 2 amide bonds. The van der Waals surface area contributed by atoms with Crippen molar-refractivity contribution >= 4 is 11.8 Å². The zero-order chi connectivity index (χ0) is 15.2. The quantitative estimate of drug-likeness (QED) is 0.718. The number of likely N-dealkylation sites (N-methyl/N-ethyl adjacent to an activating group) is 1. The molecule has 20 heavy (non-hydrogen) atoms. The number of carbonyl (C=O) groups excluding carboxylic acids is 2. The second kappa shape index (κ2) is 7.59. The number of amides is 2. The highest BCUT2D eigenvalue weighted by molar-refractivity contribution is 5.88. The van der Waals surface area contributed by atoms with E-state index in [2.05, 4.69) is 5.32 Å².